The van der Waals surface area contributed by atoms with Crippen LogP contribution in [0.25, 0.3) is 0 Å². The van der Waals surface area contributed by atoms with Crippen molar-refractivity contribution >= 4 is 23.2 Å². The monoisotopic (exact) mass is 263 g/mol. The van der Waals surface area contributed by atoms with E-state index in [4.69, 9.17) is 33.2 Å². The van der Waals surface area contributed by atoms with E-state index in [-0.39, 0.29) is 0 Å². The predicted molar refractivity (Wildman–Crippen MR) is 67.7 cm³/mol. The first-order valence-electron chi connectivity index (χ1n) is 4.82. The number of benzene rings is 2. The van der Waals surface area contributed by atoms with Gasteiger partial charge in [0.05, 0.1) is 5.56 Å². The first-order chi connectivity index (χ1) is 8.19. The van der Waals surface area contributed by atoms with E-state index in [0.717, 1.165) is 0 Å². The summed E-state index contributed by atoms with van der Waals surface area (Å²) in [4.78, 5) is 0. The molecule has 2 aromatic carbocycles. The fourth-order valence-electron chi connectivity index (χ4n) is 1.33. The lowest BCUT2D eigenvalue weighted by atomic mass is 10.2. The minimum absolute atomic E-state index is 0.419. The highest BCUT2D eigenvalue weighted by Gasteiger charge is 2.05. The number of nitriles is 1. The SMILES string of the molecule is N#Cc1ccc(Cl)cc1Oc1cccc(Cl)c1. The van der Waals surface area contributed by atoms with Gasteiger partial charge in [0.2, 0.25) is 0 Å². The molecule has 2 nitrogen and oxygen atoms in total. The van der Waals surface area contributed by atoms with E-state index in [1.54, 1.807) is 42.5 Å². The summed E-state index contributed by atoms with van der Waals surface area (Å²) >= 11 is 11.7. The van der Waals surface area contributed by atoms with Crippen molar-refractivity contribution in [1.29, 1.82) is 5.26 Å². The van der Waals surface area contributed by atoms with Crippen molar-refractivity contribution in [3.05, 3.63) is 58.1 Å². The quantitative estimate of drug-likeness (QED) is 0.790. The maximum Gasteiger partial charge on any atom is 0.146 e. The van der Waals surface area contributed by atoms with Crippen LogP contribution < -0.4 is 4.74 Å². The molecule has 0 bridgehead atoms. The molecule has 2 aromatic rings. The lowest BCUT2D eigenvalue weighted by molar-refractivity contribution is 0.481. The highest BCUT2D eigenvalue weighted by molar-refractivity contribution is 6.31. The van der Waals surface area contributed by atoms with Crippen LogP contribution >= 0.6 is 23.2 Å². The van der Waals surface area contributed by atoms with E-state index >= 15 is 0 Å². The van der Waals surface area contributed by atoms with E-state index in [1.165, 1.54) is 0 Å². The van der Waals surface area contributed by atoms with Crippen LogP contribution in [0.3, 0.4) is 0 Å². The molecule has 0 N–H and O–H groups in total. The molecule has 0 heterocycles. The summed E-state index contributed by atoms with van der Waals surface area (Å²) in [5.74, 6) is 0.985. The van der Waals surface area contributed by atoms with E-state index in [1.807, 2.05) is 6.07 Å². The molecule has 17 heavy (non-hydrogen) atoms. The van der Waals surface area contributed by atoms with Gasteiger partial charge in [-0.1, -0.05) is 29.3 Å². The number of nitrogens with zero attached hydrogens (tertiary/aromatic N) is 1. The van der Waals surface area contributed by atoms with Crippen molar-refractivity contribution in [3.63, 3.8) is 0 Å². The highest BCUT2D eigenvalue weighted by Crippen LogP contribution is 2.29. The third-order valence-corrected chi connectivity index (χ3v) is 2.56. The Hall–Kier alpha value is -1.69. The van der Waals surface area contributed by atoms with Crippen molar-refractivity contribution in [3.8, 4) is 17.6 Å². The molecule has 0 amide bonds. The molecule has 0 aromatic heterocycles. The number of halogens is 2. The molecule has 0 saturated heterocycles. The zero-order valence-corrected chi connectivity index (χ0v) is 10.2. The van der Waals surface area contributed by atoms with Gasteiger partial charge in [0.1, 0.15) is 17.6 Å². The minimum atomic E-state index is 0.419. The molecule has 0 unspecified atom stereocenters. The van der Waals surface area contributed by atoms with Crippen molar-refractivity contribution in [2.75, 3.05) is 0 Å². The molecule has 84 valence electrons. The zero-order valence-electron chi connectivity index (χ0n) is 8.65. The Kier molecular flexibility index (Phi) is 3.53. The molecule has 0 radical (unpaired) electrons. The maximum absolute atomic E-state index is 8.94. The van der Waals surface area contributed by atoms with Gasteiger partial charge in [-0.15, -0.1) is 0 Å². The highest BCUT2D eigenvalue weighted by atomic mass is 35.5. The second kappa shape index (κ2) is 5.09. The fourth-order valence-corrected chi connectivity index (χ4v) is 1.67. The zero-order chi connectivity index (χ0) is 12.3. The van der Waals surface area contributed by atoms with Gasteiger partial charge < -0.3 is 4.74 Å². The number of hydrogen-bond donors (Lipinski definition) is 0. The molecule has 4 heteroatoms. The molecular weight excluding hydrogens is 257 g/mol. The largest absolute Gasteiger partial charge is 0.456 e. The molecule has 0 spiro atoms. The third kappa shape index (κ3) is 2.91. The molecule has 2 rings (SSSR count). The van der Waals surface area contributed by atoms with Gasteiger partial charge in [-0.25, -0.2) is 0 Å². The van der Waals surface area contributed by atoms with Gasteiger partial charge in [0, 0.05) is 16.1 Å². The van der Waals surface area contributed by atoms with Crippen LogP contribution in [0.1, 0.15) is 5.56 Å². The smallest absolute Gasteiger partial charge is 0.146 e. The van der Waals surface area contributed by atoms with E-state index in [0.29, 0.717) is 27.1 Å². The summed E-state index contributed by atoms with van der Waals surface area (Å²) in [6.45, 7) is 0. The van der Waals surface area contributed by atoms with Crippen molar-refractivity contribution in [1.82, 2.24) is 0 Å². The Morgan fingerprint density at radius 2 is 1.76 bits per heavy atom. The lowest BCUT2D eigenvalue weighted by Crippen LogP contribution is -1.88. The van der Waals surface area contributed by atoms with E-state index in [9.17, 15) is 0 Å². The fraction of sp³-hybridized carbons (Fsp3) is 0. The van der Waals surface area contributed by atoms with Crippen LogP contribution in [0.2, 0.25) is 10.0 Å². The van der Waals surface area contributed by atoms with Crippen molar-refractivity contribution in [2.24, 2.45) is 0 Å². The molecule has 0 aliphatic carbocycles. The number of hydrogen-bond acceptors (Lipinski definition) is 2. The van der Waals surface area contributed by atoms with Gasteiger partial charge in [-0.2, -0.15) is 5.26 Å². The Morgan fingerprint density at radius 3 is 2.47 bits per heavy atom. The van der Waals surface area contributed by atoms with Gasteiger partial charge in [-0.05, 0) is 30.3 Å². The molecule has 0 aliphatic heterocycles. The Morgan fingerprint density at radius 1 is 1.00 bits per heavy atom. The second-order valence-corrected chi connectivity index (χ2v) is 4.18. The third-order valence-electron chi connectivity index (χ3n) is 2.09. The van der Waals surface area contributed by atoms with E-state index in [2.05, 4.69) is 0 Å². The van der Waals surface area contributed by atoms with Crippen molar-refractivity contribution in [2.45, 2.75) is 0 Å². The Labute approximate surface area is 109 Å². The Balaban J connectivity index is 2.36. The summed E-state index contributed by atoms with van der Waals surface area (Å²) < 4.78 is 5.57. The standard InChI is InChI=1S/C13H7Cl2NO/c14-10-2-1-3-12(6-10)17-13-7-11(15)5-4-9(13)8-16/h1-7H. The van der Waals surface area contributed by atoms with Gasteiger partial charge in [0.25, 0.3) is 0 Å². The molecule has 0 atom stereocenters. The summed E-state index contributed by atoms with van der Waals surface area (Å²) in [5.41, 5.74) is 0.425. The predicted octanol–water partition coefficient (Wildman–Crippen LogP) is 4.66. The van der Waals surface area contributed by atoms with E-state index < -0.39 is 0 Å². The van der Waals surface area contributed by atoms with Crippen LogP contribution in [0.5, 0.6) is 11.5 Å². The summed E-state index contributed by atoms with van der Waals surface area (Å²) in [7, 11) is 0. The van der Waals surface area contributed by atoms with Crippen LogP contribution in [0, 0.1) is 11.3 Å². The summed E-state index contributed by atoms with van der Waals surface area (Å²) in [6.07, 6.45) is 0. The average molecular weight is 264 g/mol. The van der Waals surface area contributed by atoms with Crippen LogP contribution in [0.15, 0.2) is 42.5 Å². The molecule has 0 saturated carbocycles. The molecular formula is C13H7Cl2NO. The molecule has 0 aliphatic rings. The normalized spacial score (nSPS) is 9.71. The van der Waals surface area contributed by atoms with Crippen LogP contribution in [-0.4, -0.2) is 0 Å². The van der Waals surface area contributed by atoms with Crippen LogP contribution in [0.4, 0.5) is 0 Å². The minimum Gasteiger partial charge on any atom is -0.456 e. The number of ether oxygens (including phenoxy) is 1. The second-order valence-electron chi connectivity index (χ2n) is 3.31. The average Bonchev–Trinajstić information content (AvgIpc) is 2.29. The Bertz CT molecular complexity index is 590. The van der Waals surface area contributed by atoms with Crippen LogP contribution in [-0.2, 0) is 0 Å². The summed E-state index contributed by atoms with van der Waals surface area (Å²) in [6, 6.07) is 13.8. The van der Waals surface area contributed by atoms with Gasteiger partial charge in [0.15, 0.2) is 0 Å². The first kappa shape index (κ1) is 11.8. The van der Waals surface area contributed by atoms with Gasteiger partial charge >= 0.3 is 0 Å². The van der Waals surface area contributed by atoms with Gasteiger partial charge in [-0.3, -0.25) is 0 Å². The topological polar surface area (TPSA) is 33.0 Å². The number of rotatable bonds is 2. The lowest BCUT2D eigenvalue weighted by Gasteiger charge is -2.07. The maximum atomic E-state index is 8.94. The summed E-state index contributed by atoms with van der Waals surface area (Å²) in [5, 5.41) is 10.0. The first-order valence-corrected chi connectivity index (χ1v) is 5.58. The van der Waals surface area contributed by atoms with Crippen molar-refractivity contribution < 1.29 is 4.74 Å². The molecule has 0 fully saturated rings.